The summed E-state index contributed by atoms with van der Waals surface area (Å²) in [5.41, 5.74) is -5.91. The number of hydrogen-bond donors (Lipinski definition) is 0. The molecule has 2 fully saturated rings. The lowest BCUT2D eigenvalue weighted by Crippen LogP contribution is -2.86. The molecule has 2 saturated carbocycles. The van der Waals surface area contributed by atoms with E-state index in [9.17, 15) is 65.9 Å². The van der Waals surface area contributed by atoms with E-state index < -0.39 is 65.4 Å². The zero-order valence-electron chi connectivity index (χ0n) is 12.8. The molecule has 0 aliphatic heterocycles. The van der Waals surface area contributed by atoms with Gasteiger partial charge in [-0.3, -0.25) is 0 Å². The summed E-state index contributed by atoms with van der Waals surface area (Å²) in [6, 6.07) is 0. The van der Waals surface area contributed by atoms with E-state index >= 15 is 0 Å². The predicted octanol–water partition coefficient (Wildman–Crippen LogP) is 5.98. The normalized spacial score (nSPS) is 41.0. The highest BCUT2D eigenvalue weighted by atomic mass is 19.4. The Balaban J connectivity index is 3.05. The maximum absolute atomic E-state index is 14.7. The number of halogens is 15. The summed E-state index contributed by atoms with van der Waals surface area (Å²) in [6.07, 6.45) is -2.76. The lowest BCUT2D eigenvalue weighted by molar-refractivity contribution is -0.500. The Morgan fingerprint density at radius 1 is 0.500 bits per heavy atom. The van der Waals surface area contributed by atoms with E-state index in [4.69, 9.17) is 0 Å². The second-order valence-corrected chi connectivity index (χ2v) is 6.48. The number of allylic oxidation sites excluding steroid dienone is 1. The van der Waals surface area contributed by atoms with Gasteiger partial charge in [0.1, 0.15) is 5.92 Å². The van der Waals surface area contributed by atoms with Gasteiger partial charge in [-0.15, -0.1) is 6.58 Å². The highest BCUT2D eigenvalue weighted by Crippen LogP contribution is 2.76. The first kappa shape index (κ1) is 23.0. The molecule has 0 heterocycles. The van der Waals surface area contributed by atoms with Crippen molar-refractivity contribution in [3.05, 3.63) is 12.7 Å². The molecule has 3 unspecified atom stereocenters. The third kappa shape index (κ3) is 1.93. The molecule has 0 nitrogen and oxygen atoms in total. The fraction of sp³-hybridized carbons (Fsp3) is 0.846. The third-order valence-corrected chi connectivity index (χ3v) is 5.01. The molecule has 0 spiro atoms. The van der Waals surface area contributed by atoms with Gasteiger partial charge in [-0.25, -0.2) is 4.39 Å². The highest BCUT2D eigenvalue weighted by Gasteiger charge is 3.01. The van der Waals surface area contributed by atoms with Crippen LogP contribution in [0.5, 0.6) is 0 Å². The number of hydrogen-bond acceptors (Lipinski definition) is 0. The van der Waals surface area contributed by atoms with Crippen LogP contribution in [0, 0.1) is 11.8 Å². The van der Waals surface area contributed by atoms with Gasteiger partial charge in [-0.05, 0) is 0 Å². The first-order valence-corrected chi connectivity index (χ1v) is 6.99. The van der Waals surface area contributed by atoms with E-state index in [0.717, 1.165) is 0 Å². The zero-order valence-corrected chi connectivity index (χ0v) is 12.8. The summed E-state index contributed by atoms with van der Waals surface area (Å²) >= 11 is 0. The molecule has 0 N–H and O–H groups in total. The van der Waals surface area contributed by atoms with E-state index in [1.54, 1.807) is 0 Å². The first-order valence-electron chi connectivity index (χ1n) is 6.99. The molecule has 0 radical (unpaired) electrons. The number of fused-ring (bicyclic) bond motifs is 1. The van der Waals surface area contributed by atoms with Crippen LogP contribution in [-0.2, 0) is 0 Å². The summed E-state index contributed by atoms with van der Waals surface area (Å²) in [7, 11) is 0. The average molecular weight is 448 g/mol. The predicted molar refractivity (Wildman–Crippen MR) is 60.3 cm³/mol. The Morgan fingerprint density at radius 3 is 1.11 bits per heavy atom. The van der Waals surface area contributed by atoms with Crippen LogP contribution < -0.4 is 0 Å². The minimum atomic E-state index is -7.41. The lowest BCUT2D eigenvalue weighted by atomic mass is 9.54. The van der Waals surface area contributed by atoms with Gasteiger partial charge in [0.05, 0.1) is 5.92 Å². The molecule has 0 saturated heterocycles. The minimum absolute atomic E-state index is 0.233. The van der Waals surface area contributed by atoms with E-state index in [2.05, 4.69) is 6.58 Å². The molecular weight excluding hydrogens is 441 g/mol. The van der Waals surface area contributed by atoms with Crippen molar-refractivity contribution in [2.24, 2.45) is 11.8 Å². The molecule has 3 atom stereocenters. The van der Waals surface area contributed by atoms with Crippen molar-refractivity contribution >= 4 is 0 Å². The van der Waals surface area contributed by atoms with Crippen molar-refractivity contribution in [1.29, 1.82) is 0 Å². The molecule has 0 aromatic carbocycles. The van der Waals surface area contributed by atoms with E-state index in [0.29, 0.717) is 0 Å². The van der Waals surface area contributed by atoms with Gasteiger partial charge in [0.2, 0.25) is 0 Å². The first-order chi connectivity index (χ1) is 12.0. The average Bonchev–Trinajstić information content (AvgIpc) is 2.48. The van der Waals surface area contributed by atoms with Crippen LogP contribution in [0.1, 0.15) is 6.42 Å². The monoisotopic (exact) mass is 448 g/mol. The summed E-state index contributed by atoms with van der Waals surface area (Å²) in [4.78, 5) is 0. The van der Waals surface area contributed by atoms with E-state index in [-0.39, 0.29) is 6.08 Å². The summed E-state index contributed by atoms with van der Waals surface area (Å²) < 4.78 is 207. The topological polar surface area (TPSA) is 0 Å². The SMILES string of the molecule is C=CCC1(F)C2C(C(F)(F)C(F)(F)C(F)(F)C2(F)F)C(F)(F)C(F)(F)C1(F)F. The second-order valence-electron chi connectivity index (χ2n) is 6.48. The van der Waals surface area contributed by atoms with E-state index in [1.165, 1.54) is 0 Å². The molecule has 0 amide bonds. The van der Waals surface area contributed by atoms with Gasteiger partial charge < -0.3 is 0 Å². The van der Waals surface area contributed by atoms with Gasteiger partial charge in [0.15, 0.2) is 5.67 Å². The third-order valence-electron chi connectivity index (χ3n) is 5.01. The maximum atomic E-state index is 14.7. The number of rotatable bonds is 2. The number of alkyl halides is 15. The van der Waals surface area contributed by atoms with Crippen LogP contribution in [0.3, 0.4) is 0 Å². The van der Waals surface area contributed by atoms with Crippen LogP contribution in [0.4, 0.5) is 65.9 Å². The zero-order chi connectivity index (χ0) is 22.6. The molecule has 28 heavy (non-hydrogen) atoms. The van der Waals surface area contributed by atoms with Gasteiger partial charge in [-0.2, -0.15) is 61.5 Å². The molecule has 0 aromatic heterocycles. The largest absolute Gasteiger partial charge is 0.378 e. The Hall–Kier alpha value is -1.31. The fourth-order valence-electron chi connectivity index (χ4n) is 3.54. The maximum Gasteiger partial charge on any atom is 0.378 e. The lowest BCUT2D eigenvalue weighted by Gasteiger charge is -2.60. The van der Waals surface area contributed by atoms with Crippen molar-refractivity contribution < 1.29 is 65.9 Å². The van der Waals surface area contributed by atoms with Crippen molar-refractivity contribution in [2.75, 3.05) is 0 Å². The minimum Gasteiger partial charge on any atom is -0.236 e. The van der Waals surface area contributed by atoms with Crippen molar-refractivity contribution in [1.82, 2.24) is 0 Å². The van der Waals surface area contributed by atoms with Crippen molar-refractivity contribution in [3.8, 4) is 0 Å². The van der Waals surface area contributed by atoms with Crippen LogP contribution in [0.2, 0.25) is 0 Å². The molecule has 2 aliphatic carbocycles. The van der Waals surface area contributed by atoms with Crippen LogP contribution in [0.25, 0.3) is 0 Å². The summed E-state index contributed by atoms with van der Waals surface area (Å²) in [5.74, 6) is -61.1. The van der Waals surface area contributed by atoms with Crippen LogP contribution >= 0.6 is 0 Å². The summed E-state index contributed by atoms with van der Waals surface area (Å²) in [5, 5.41) is 0. The Kier molecular flexibility index (Phi) is 4.30. The quantitative estimate of drug-likeness (QED) is 0.361. The molecule has 0 aromatic rings. The van der Waals surface area contributed by atoms with Gasteiger partial charge >= 0.3 is 41.5 Å². The molecule has 0 bridgehead atoms. The van der Waals surface area contributed by atoms with Gasteiger partial charge in [0.25, 0.3) is 0 Å². The standard InChI is InChI=1S/C13H7F15/c1-2-3-6(14)4-5(8(17,18)11(23,24)10(6,21)22)9(19,20)13(27,28)12(25,26)7(4,15)16/h2,4-5H,1,3H2. The summed E-state index contributed by atoms with van der Waals surface area (Å²) in [6.45, 7) is 2.46. The Morgan fingerprint density at radius 2 is 0.786 bits per heavy atom. The van der Waals surface area contributed by atoms with Crippen molar-refractivity contribution in [2.45, 2.75) is 53.5 Å². The molecule has 2 aliphatic rings. The van der Waals surface area contributed by atoms with Crippen molar-refractivity contribution in [3.63, 3.8) is 0 Å². The Bertz CT molecular complexity index is 669. The molecule has 164 valence electrons. The second kappa shape index (κ2) is 5.24. The van der Waals surface area contributed by atoms with Crippen LogP contribution in [-0.4, -0.2) is 47.1 Å². The van der Waals surface area contributed by atoms with Gasteiger partial charge in [0, 0.05) is 6.42 Å². The molecule has 2 rings (SSSR count). The smallest absolute Gasteiger partial charge is 0.236 e. The fourth-order valence-corrected chi connectivity index (χ4v) is 3.54. The molecular formula is C13H7F15. The highest BCUT2D eigenvalue weighted by molar-refractivity contribution is 5.30. The Labute approximate surface area is 145 Å². The molecule has 15 heteroatoms. The van der Waals surface area contributed by atoms with E-state index in [1.807, 2.05) is 0 Å². The van der Waals surface area contributed by atoms with Crippen LogP contribution in [0.15, 0.2) is 12.7 Å². The van der Waals surface area contributed by atoms with Gasteiger partial charge in [-0.1, -0.05) is 6.08 Å².